The average Bonchev–Trinajstić information content (AvgIpc) is 3.11. The summed E-state index contributed by atoms with van der Waals surface area (Å²) in [5.41, 5.74) is 4.12. The zero-order valence-corrected chi connectivity index (χ0v) is 15.5. The van der Waals surface area contributed by atoms with E-state index < -0.39 is 9.84 Å². The van der Waals surface area contributed by atoms with Gasteiger partial charge in [0.05, 0.1) is 23.4 Å². The van der Waals surface area contributed by atoms with Gasteiger partial charge in [-0.15, -0.1) is 0 Å². The molecule has 1 aromatic carbocycles. The summed E-state index contributed by atoms with van der Waals surface area (Å²) in [6.07, 6.45) is 0.640. The number of benzene rings is 1. The number of hydrogen-bond acceptors (Lipinski definition) is 5. The van der Waals surface area contributed by atoms with Crippen molar-refractivity contribution in [2.45, 2.75) is 32.7 Å². The van der Waals surface area contributed by atoms with Crippen LogP contribution in [0.25, 0.3) is 16.6 Å². The van der Waals surface area contributed by atoms with Crippen molar-refractivity contribution in [1.29, 1.82) is 0 Å². The maximum Gasteiger partial charge on any atom is 0.224 e. The predicted molar refractivity (Wildman–Crippen MR) is 98.9 cm³/mol. The Hall–Kier alpha value is -2.48. The lowest BCUT2D eigenvalue weighted by Crippen LogP contribution is -2.37. The van der Waals surface area contributed by atoms with E-state index in [0.29, 0.717) is 6.42 Å². The van der Waals surface area contributed by atoms with E-state index in [1.807, 2.05) is 38.1 Å². The molecule has 1 aliphatic heterocycles. The number of amides is 1. The Morgan fingerprint density at radius 1 is 1.31 bits per heavy atom. The van der Waals surface area contributed by atoms with Crippen molar-refractivity contribution in [2.24, 2.45) is 0 Å². The van der Waals surface area contributed by atoms with Crippen LogP contribution < -0.4 is 5.32 Å². The molecule has 1 aliphatic rings. The Morgan fingerprint density at radius 3 is 2.81 bits per heavy atom. The van der Waals surface area contributed by atoms with Gasteiger partial charge in [-0.25, -0.2) is 17.9 Å². The van der Waals surface area contributed by atoms with Gasteiger partial charge in [0.25, 0.3) is 0 Å². The van der Waals surface area contributed by atoms with Crippen LogP contribution in [0.2, 0.25) is 0 Å². The largest absolute Gasteiger partial charge is 0.352 e. The molecule has 1 saturated heterocycles. The molecule has 0 saturated carbocycles. The Kier molecular flexibility index (Phi) is 3.95. The van der Waals surface area contributed by atoms with Crippen LogP contribution in [0.5, 0.6) is 0 Å². The van der Waals surface area contributed by atoms with Crippen LogP contribution in [0.3, 0.4) is 0 Å². The molecule has 26 heavy (non-hydrogen) atoms. The number of sulfone groups is 1. The molecule has 7 nitrogen and oxygen atoms in total. The summed E-state index contributed by atoms with van der Waals surface area (Å²) in [5, 5.41) is 8.40. The molecule has 1 N–H and O–H groups in total. The first kappa shape index (κ1) is 17.0. The van der Waals surface area contributed by atoms with Gasteiger partial charge in [0.15, 0.2) is 15.5 Å². The summed E-state index contributed by atoms with van der Waals surface area (Å²) < 4.78 is 24.9. The predicted octanol–water partition coefficient (Wildman–Crippen LogP) is 1.35. The molecule has 0 unspecified atom stereocenters. The van der Waals surface area contributed by atoms with Crippen molar-refractivity contribution < 1.29 is 13.2 Å². The quantitative estimate of drug-likeness (QED) is 0.749. The maximum atomic E-state index is 12.4. The standard InChI is InChI=1S/C18H20N4O3S/c1-11-15(9-17(23)20-13-7-8-26(24,25)10-13)12(2)22-18(19-11)14-5-3-4-6-16(14)21-22/h3-6,13H,7-10H2,1-2H3,(H,20,23)/t13-/m0/s1. The lowest BCUT2D eigenvalue weighted by atomic mass is 10.1. The summed E-state index contributed by atoms with van der Waals surface area (Å²) in [4.78, 5) is 17.1. The van der Waals surface area contributed by atoms with E-state index in [9.17, 15) is 13.2 Å². The third kappa shape index (κ3) is 2.94. The molecule has 1 atom stereocenters. The highest BCUT2D eigenvalue weighted by Crippen LogP contribution is 2.22. The Balaban J connectivity index is 1.64. The molecule has 4 rings (SSSR count). The number of nitrogens with one attached hydrogen (secondary N) is 1. The van der Waals surface area contributed by atoms with Gasteiger partial charge < -0.3 is 5.32 Å². The Morgan fingerprint density at radius 2 is 2.08 bits per heavy atom. The molecule has 136 valence electrons. The molecule has 0 radical (unpaired) electrons. The number of hydrogen-bond donors (Lipinski definition) is 1. The van der Waals surface area contributed by atoms with E-state index in [-0.39, 0.29) is 29.9 Å². The molecule has 0 bridgehead atoms. The summed E-state index contributed by atoms with van der Waals surface area (Å²) in [6.45, 7) is 3.81. The van der Waals surface area contributed by atoms with Crippen LogP contribution in [-0.4, -0.2) is 46.5 Å². The van der Waals surface area contributed by atoms with Gasteiger partial charge in [0, 0.05) is 28.4 Å². The second-order valence-corrected chi connectivity index (χ2v) is 9.09. The molecule has 0 spiro atoms. The Labute approximate surface area is 151 Å². The molecule has 3 heterocycles. The van der Waals surface area contributed by atoms with Crippen LogP contribution in [-0.2, 0) is 21.1 Å². The minimum atomic E-state index is -3.02. The van der Waals surface area contributed by atoms with E-state index in [2.05, 4.69) is 15.4 Å². The first-order valence-corrected chi connectivity index (χ1v) is 10.4. The second-order valence-electron chi connectivity index (χ2n) is 6.86. The molecule has 2 aromatic heterocycles. The van der Waals surface area contributed by atoms with Crippen molar-refractivity contribution >= 4 is 32.3 Å². The maximum absolute atomic E-state index is 12.4. The summed E-state index contributed by atoms with van der Waals surface area (Å²) in [5.74, 6) is -0.0155. The normalized spacial score (nSPS) is 19.2. The minimum absolute atomic E-state index is 0.0263. The van der Waals surface area contributed by atoms with Gasteiger partial charge in [-0.2, -0.15) is 5.10 Å². The van der Waals surface area contributed by atoms with Crippen LogP contribution in [0.4, 0.5) is 0 Å². The number of aromatic nitrogens is 3. The first-order valence-electron chi connectivity index (χ1n) is 8.57. The van der Waals surface area contributed by atoms with Crippen molar-refractivity contribution in [3.8, 4) is 0 Å². The lowest BCUT2D eigenvalue weighted by Gasteiger charge is -2.14. The highest BCUT2D eigenvalue weighted by Gasteiger charge is 2.29. The number of nitrogens with zero attached hydrogens (tertiary/aromatic N) is 3. The molecular formula is C18H20N4O3S. The molecule has 8 heteroatoms. The summed E-state index contributed by atoms with van der Waals surface area (Å²) in [7, 11) is -3.02. The van der Waals surface area contributed by atoms with E-state index in [0.717, 1.165) is 33.5 Å². The van der Waals surface area contributed by atoms with Gasteiger partial charge in [-0.1, -0.05) is 12.1 Å². The molecule has 3 aromatic rings. The SMILES string of the molecule is Cc1nc2c3ccccc3nn2c(C)c1CC(=O)N[C@H]1CCS(=O)(=O)C1. The summed E-state index contributed by atoms with van der Waals surface area (Å²) in [6, 6.07) is 7.51. The van der Waals surface area contributed by atoms with E-state index >= 15 is 0 Å². The smallest absolute Gasteiger partial charge is 0.224 e. The molecular weight excluding hydrogens is 352 g/mol. The van der Waals surface area contributed by atoms with Crippen molar-refractivity contribution in [1.82, 2.24) is 19.9 Å². The topological polar surface area (TPSA) is 93.4 Å². The van der Waals surface area contributed by atoms with Gasteiger partial charge in [0.2, 0.25) is 5.91 Å². The molecule has 0 aliphatic carbocycles. The second kappa shape index (κ2) is 6.05. The average molecular weight is 372 g/mol. The van der Waals surface area contributed by atoms with Crippen LogP contribution >= 0.6 is 0 Å². The fourth-order valence-corrected chi connectivity index (χ4v) is 5.25. The highest BCUT2D eigenvalue weighted by atomic mass is 32.2. The Bertz CT molecular complexity index is 1130. The zero-order valence-electron chi connectivity index (χ0n) is 14.7. The lowest BCUT2D eigenvalue weighted by molar-refractivity contribution is -0.121. The zero-order chi connectivity index (χ0) is 18.5. The van der Waals surface area contributed by atoms with Gasteiger partial charge in [-0.3, -0.25) is 4.79 Å². The van der Waals surface area contributed by atoms with E-state index in [1.54, 1.807) is 4.52 Å². The minimum Gasteiger partial charge on any atom is -0.352 e. The van der Waals surface area contributed by atoms with Crippen LogP contribution in [0, 0.1) is 13.8 Å². The number of carbonyl (C=O) groups excluding carboxylic acids is 1. The summed E-state index contributed by atoms with van der Waals surface area (Å²) >= 11 is 0. The fraction of sp³-hybridized carbons (Fsp3) is 0.389. The number of fused-ring (bicyclic) bond motifs is 3. The van der Waals surface area contributed by atoms with E-state index in [1.165, 1.54) is 0 Å². The highest BCUT2D eigenvalue weighted by molar-refractivity contribution is 7.91. The number of aryl methyl sites for hydroxylation is 2. The monoisotopic (exact) mass is 372 g/mol. The third-order valence-electron chi connectivity index (χ3n) is 4.95. The first-order chi connectivity index (χ1) is 12.3. The number of rotatable bonds is 3. The fourth-order valence-electron chi connectivity index (χ4n) is 3.58. The van der Waals surface area contributed by atoms with Crippen molar-refractivity contribution in [3.05, 3.63) is 41.2 Å². The van der Waals surface area contributed by atoms with E-state index in [4.69, 9.17) is 0 Å². The molecule has 1 amide bonds. The van der Waals surface area contributed by atoms with Crippen LogP contribution in [0.15, 0.2) is 24.3 Å². The van der Waals surface area contributed by atoms with Gasteiger partial charge in [-0.05, 0) is 32.4 Å². The number of carbonyl (C=O) groups is 1. The van der Waals surface area contributed by atoms with Gasteiger partial charge >= 0.3 is 0 Å². The third-order valence-corrected chi connectivity index (χ3v) is 6.72. The van der Waals surface area contributed by atoms with Crippen molar-refractivity contribution in [3.63, 3.8) is 0 Å². The molecule has 1 fully saturated rings. The van der Waals surface area contributed by atoms with Gasteiger partial charge in [0.1, 0.15) is 0 Å². The van der Waals surface area contributed by atoms with Crippen molar-refractivity contribution in [2.75, 3.05) is 11.5 Å². The van der Waals surface area contributed by atoms with Crippen LogP contribution in [0.1, 0.15) is 23.4 Å².